The van der Waals surface area contributed by atoms with Crippen LogP contribution in [0.15, 0.2) is 0 Å². The predicted octanol–water partition coefficient (Wildman–Crippen LogP) is 0.123. The van der Waals surface area contributed by atoms with Crippen LogP contribution in [-0.4, -0.2) is 33.9 Å². The van der Waals surface area contributed by atoms with Gasteiger partial charge in [-0.2, -0.15) is 0 Å². The van der Waals surface area contributed by atoms with Gasteiger partial charge in [-0.3, -0.25) is 9.59 Å². The maximum atomic E-state index is 10.9. The maximum Gasteiger partial charge on any atom is 0.673 e. The molecule has 0 bridgehead atoms. The molecule has 0 atom stereocenters. The summed E-state index contributed by atoms with van der Waals surface area (Å²) in [6, 6.07) is 0. The van der Waals surface area contributed by atoms with Gasteiger partial charge >= 0.3 is 13.1 Å². The molecule has 108 valence electrons. The van der Waals surface area contributed by atoms with Crippen molar-refractivity contribution in [2.24, 2.45) is 7.05 Å². The number of ketones is 2. The number of carbonyl (C=O) groups excluding carboxylic acids is 2. The van der Waals surface area contributed by atoms with Crippen molar-refractivity contribution in [3.63, 3.8) is 0 Å². The van der Waals surface area contributed by atoms with Crippen LogP contribution in [0, 0.1) is 0 Å². The van der Waals surface area contributed by atoms with E-state index in [1.807, 2.05) is 0 Å². The fourth-order valence-electron chi connectivity index (χ4n) is 1.13. The van der Waals surface area contributed by atoms with Gasteiger partial charge in [-0.05, 0) is 18.6 Å². The number of hydrogen-bond acceptors (Lipinski definition) is 4. The number of tetrazole rings is 1. The molecule has 1 heterocycles. The molecule has 1 aromatic heterocycles. The molecule has 1 aromatic rings. The Morgan fingerprint density at radius 3 is 2.05 bits per heavy atom. The van der Waals surface area contributed by atoms with Gasteiger partial charge < -0.3 is 17.3 Å². The Morgan fingerprint density at radius 2 is 1.68 bits per heavy atom. The molecule has 6 nitrogen and oxygen atoms in total. The summed E-state index contributed by atoms with van der Waals surface area (Å²) in [6.45, 7) is 3.11. The SMILES string of the molecule is CC(=O)Cc1nn(C)n[n+]1CC(C)=O.F[B-](F)(F)F. The van der Waals surface area contributed by atoms with Crippen LogP contribution in [0.4, 0.5) is 17.3 Å². The highest BCUT2D eigenvalue weighted by molar-refractivity contribution is 6.50. The number of aromatic nitrogens is 4. The van der Waals surface area contributed by atoms with Gasteiger partial charge in [0.25, 0.3) is 0 Å². The third kappa shape index (κ3) is 9.86. The van der Waals surface area contributed by atoms with Gasteiger partial charge in [0.15, 0.2) is 12.3 Å². The average Bonchev–Trinajstić information content (AvgIpc) is 2.40. The molecule has 0 unspecified atom stereocenters. The molecule has 0 saturated carbocycles. The zero-order valence-corrected chi connectivity index (χ0v) is 10.6. The van der Waals surface area contributed by atoms with Crippen LogP contribution in [0.5, 0.6) is 0 Å². The smallest absolute Gasteiger partial charge is 0.418 e. The summed E-state index contributed by atoms with van der Waals surface area (Å²) in [5.41, 5.74) is 0. The minimum Gasteiger partial charge on any atom is -0.418 e. The number of hydrogen-bond donors (Lipinski definition) is 0. The zero-order valence-electron chi connectivity index (χ0n) is 10.6. The number of Topliss-reactive ketones (excluding diaryl/α,β-unsaturated/α-hetero) is 2. The van der Waals surface area contributed by atoms with Gasteiger partial charge in [0.1, 0.15) is 19.3 Å². The van der Waals surface area contributed by atoms with Crippen LogP contribution in [0.3, 0.4) is 0 Å². The van der Waals surface area contributed by atoms with Crippen molar-refractivity contribution in [3.8, 4) is 0 Å². The lowest BCUT2D eigenvalue weighted by Crippen LogP contribution is -2.43. The molecule has 0 aliphatic heterocycles. The van der Waals surface area contributed by atoms with E-state index in [1.165, 1.54) is 23.3 Å². The summed E-state index contributed by atoms with van der Waals surface area (Å²) in [4.78, 5) is 23.1. The summed E-state index contributed by atoms with van der Waals surface area (Å²) < 4.78 is 40.4. The van der Waals surface area contributed by atoms with Crippen LogP contribution in [0.25, 0.3) is 0 Å². The van der Waals surface area contributed by atoms with E-state index in [4.69, 9.17) is 0 Å². The van der Waals surface area contributed by atoms with Crippen molar-refractivity contribution >= 4 is 18.8 Å². The van der Waals surface area contributed by atoms with Crippen molar-refractivity contribution in [1.29, 1.82) is 0 Å². The monoisotopic (exact) mass is 284 g/mol. The van der Waals surface area contributed by atoms with Gasteiger partial charge in [0, 0.05) is 0 Å². The van der Waals surface area contributed by atoms with Crippen molar-refractivity contribution in [1.82, 2.24) is 15.1 Å². The Hall–Kier alpha value is -1.81. The summed E-state index contributed by atoms with van der Waals surface area (Å²) in [6.07, 6.45) is 0.209. The third-order valence-corrected chi connectivity index (χ3v) is 1.57. The molecule has 0 amide bonds. The Labute approximate surface area is 106 Å². The number of nitrogens with zero attached hydrogens (tertiary/aromatic N) is 4. The predicted molar refractivity (Wildman–Crippen MR) is 56.5 cm³/mol. The molecule has 0 aliphatic carbocycles. The zero-order chi connectivity index (χ0) is 15.2. The van der Waals surface area contributed by atoms with E-state index < -0.39 is 7.25 Å². The largest absolute Gasteiger partial charge is 0.673 e. The van der Waals surface area contributed by atoms with E-state index >= 15 is 0 Å². The van der Waals surface area contributed by atoms with Crippen LogP contribution in [0.2, 0.25) is 0 Å². The first-order chi connectivity index (χ1) is 8.49. The molecule has 0 fully saturated rings. The molecular weight excluding hydrogens is 271 g/mol. The van der Waals surface area contributed by atoms with E-state index in [1.54, 1.807) is 7.05 Å². The first kappa shape index (κ1) is 17.2. The van der Waals surface area contributed by atoms with Crippen LogP contribution in [-0.2, 0) is 29.6 Å². The molecule has 11 heteroatoms. The summed E-state index contributed by atoms with van der Waals surface area (Å²) >= 11 is 0. The van der Waals surface area contributed by atoms with E-state index in [-0.39, 0.29) is 24.5 Å². The van der Waals surface area contributed by atoms with E-state index in [0.29, 0.717) is 5.82 Å². The minimum atomic E-state index is -6.00. The third-order valence-electron chi connectivity index (χ3n) is 1.57. The summed E-state index contributed by atoms with van der Waals surface area (Å²) in [5.74, 6) is 0.512. The van der Waals surface area contributed by atoms with E-state index in [2.05, 4.69) is 10.3 Å². The first-order valence-corrected chi connectivity index (χ1v) is 5.15. The Balaban J connectivity index is 0.000000555. The van der Waals surface area contributed by atoms with Crippen LogP contribution < -0.4 is 4.68 Å². The molecule has 0 aliphatic rings. The highest BCUT2D eigenvalue weighted by Crippen LogP contribution is 2.06. The molecule has 1 rings (SSSR count). The highest BCUT2D eigenvalue weighted by atomic mass is 19.5. The average molecular weight is 284 g/mol. The lowest BCUT2D eigenvalue weighted by Gasteiger charge is -1.94. The van der Waals surface area contributed by atoms with Gasteiger partial charge in [-0.15, -0.1) is 4.68 Å². The molecular formula is C8H13BF4N4O2. The Morgan fingerprint density at radius 1 is 1.21 bits per heavy atom. The topological polar surface area (TPSA) is 68.7 Å². The lowest BCUT2D eigenvalue weighted by atomic mass is 10.3. The van der Waals surface area contributed by atoms with E-state index in [0.717, 1.165) is 0 Å². The molecule has 0 aromatic carbocycles. The second-order valence-corrected chi connectivity index (χ2v) is 3.73. The normalized spacial score (nSPS) is 10.7. The van der Waals surface area contributed by atoms with Crippen molar-refractivity contribution < 1.29 is 31.5 Å². The number of halogens is 4. The number of carbonyl (C=O) groups is 2. The van der Waals surface area contributed by atoms with Crippen molar-refractivity contribution in [2.75, 3.05) is 0 Å². The lowest BCUT2D eigenvalue weighted by molar-refractivity contribution is -0.750. The molecule has 0 saturated heterocycles. The van der Waals surface area contributed by atoms with Gasteiger partial charge in [-0.1, -0.05) is 0 Å². The maximum absolute atomic E-state index is 10.9. The fraction of sp³-hybridized carbons (Fsp3) is 0.625. The highest BCUT2D eigenvalue weighted by Gasteiger charge is 2.20. The number of aryl methyl sites for hydroxylation is 1. The Kier molecular flexibility index (Phi) is 6.29. The summed E-state index contributed by atoms with van der Waals surface area (Å²) in [5, 5.41) is 7.95. The molecule has 0 spiro atoms. The van der Waals surface area contributed by atoms with Crippen molar-refractivity contribution in [2.45, 2.75) is 26.8 Å². The molecule has 0 radical (unpaired) electrons. The standard InChI is InChI=1S/C8H13N4O2.BF4/c1-6(13)4-8-9-11(3)10-12(8)5-7(2)14;2-1(3,4)5/h4-5H2,1-3H3;/q+1;-1. The van der Waals surface area contributed by atoms with E-state index in [9.17, 15) is 26.9 Å². The van der Waals surface area contributed by atoms with Gasteiger partial charge in [0.05, 0.1) is 10.3 Å². The molecule has 19 heavy (non-hydrogen) atoms. The first-order valence-electron chi connectivity index (χ1n) is 5.15. The van der Waals surface area contributed by atoms with Crippen molar-refractivity contribution in [3.05, 3.63) is 5.82 Å². The van der Waals surface area contributed by atoms with Gasteiger partial charge in [-0.25, -0.2) is 0 Å². The Bertz CT molecular complexity index is 421. The summed E-state index contributed by atoms with van der Waals surface area (Å²) in [7, 11) is -4.35. The second kappa shape index (κ2) is 6.95. The fourth-order valence-corrected chi connectivity index (χ4v) is 1.13. The molecule has 0 N–H and O–H groups in total. The quantitative estimate of drug-likeness (QED) is 0.447. The van der Waals surface area contributed by atoms with Gasteiger partial charge in [0.2, 0.25) is 0 Å². The second-order valence-electron chi connectivity index (χ2n) is 3.73. The minimum absolute atomic E-state index is 0.00259. The number of rotatable bonds is 4. The van der Waals surface area contributed by atoms with Crippen LogP contribution >= 0.6 is 0 Å². The van der Waals surface area contributed by atoms with Crippen LogP contribution in [0.1, 0.15) is 19.7 Å².